The minimum atomic E-state index is -3.76. The standard InChI is InChI=1S/C27H19F3N2O5S/c1-12-25-27(12)21(11-36-27)32(25)26(33)22-16(28)5-4-14(23(22)30)15-7-8-31-18-10-19(37-24(15)18)13-3-6-20(17(29)9-13)38(2,34)35/h3-10,12,21,25H,11H2,1-2H3/t12-,21?,25?,27?/m1/s1. The molecule has 3 fully saturated rings. The predicted octanol–water partition coefficient (Wildman–Crippen LogP) is 4.59. The highest BCUT2D eigenvalue weighted by molar-refractivity contribution is 7.90. The Morgan fingerprint density at radius 1 is 1.08 bits per heavy atom. The number of amides is 1. The van der Waals surface area contributed by atoms with Gasteiger partial charge in [0.2, 0.25) is 0 Å². The summed E-state index contributed by atoms with van der Waals surface area (Å²) in [6, 6.07) is 8.46. The second-order valence-corrected chi connectivity index (χ2v) is 12.0. The summed E-state index contributed by atoms with van der Waals surface area (Å²) >= 11 is 0. The number of carbonyl (C=O) groups excluding carboxylic acids is 1. The summed E-state index contributed by atoms with van der Waals surface area (Å²) in [5, 5.41) is 0. The fraction of sp³-hybridized carbons (Fsp3) is 0.259. The fourth-order valence-corrected chi connectivity index (χ4v) is 6.80. The maximum atomic E-state index is 15.8. The number of nitrogens with zero attached hydrogens (tertiary/aromatic N) is 2. The summed E-state index contributed by atoms with van der Waals surface area (Å²) in [6.07, 6.45) is 2.32. The molecule has 4 atom stereocenters. The lowest BCUT2D eigenvalue weighted by molar-refractivity contribution is -0.210. The quantitative estimate of drug-likeness (QED) is 0.376. The van der Waals surface area contributed by atoms with Crippen LogP contribution in [-0.2, 0) is 14.6 Å². The van der Waals surface area contributed by atoms with E-state index >= 15 is 4.39 Å². The number of fused-ring (bicyclic) bond motifs is 1. The van der Waals surface area contributed by atoms with Crippen LogP contribution in [0.25, 0.3) is 33.6 Å². The van der Waals surface area contributed by atoms with Gasteiger partial charge in [0.25, 0.3) is 5.91 Å². The molecule has 2 aliphatic heterocycles. The molecule has 1 amide bonds. The molecule has 1 spiro atoms. The van der Waals surface area contributed by atoms with Crippen LogP contribution in [0.3, 0.4) is 0 Å². The molecule has 3 aliphatic rings. The van der Waals surface area contributed by atoms with E-state index in [0.717, 1.165) is 24.5 Å². The second kappa shape index (κ2) is 7.45. The lowest BCUT2D eigenvalue weighted by Crippen LogP contribution is -2.72. The number of ether oxygens (including phenoxy) is 1. The van der Waals surface area contributed by atoms with Gasteiger partial charge >= 0.3 is 0 Å². The average Bonchev–Trinajstić information content (AvgIpc) is 3.19. The number of furan rings is 1. The Hall–Kier alpha value is -3.70. The zero-order valence-electron chi connectivity index (χ0n) is 20.0. The van der Waals surface area contributed by atoms with Crippen LogP contribution >= 0.6 is 0 Å². The van der Waals surface area contributed by atoms with Gasteiger partial charge in [0, 0.05) is 41.1 Å². The monoisotopic (exact) mass is 540 g/mol. The highest BCUT2D eigenvalue weighted by atomic mass is 32.2. The number of aromatic nitrogens is 1. The van der Waals surface area contributed by atoms with Crippen molar-refractivity contribution >= 4 is 26.8 Å². The molecule has 194 valence electrons. The summed E-state index contributed by atoms with van der Waals surface area (Å²) in [5.74, 6) is -3.35. The fourth-order valence-electron chi connectivity index (χ4n) is 6.07. The number of morpholine rings is 1. The Morgan fingerprint density at radius 2 is 1.87 bits per heavy atom. The number of likely N-dealkylation sites (tertiary alicyclic amines) is 1. The Morgan fingerprint density at radius 3 is 2.50 bits per heavy atom. The van der Waals surface area contributed by atoms with Crippen molar-refractivity contribution in [3.05, 3.63) is 71.7 Å². The van der Waals surface area contributed by atoms with Crippen molar-refractivity contribution in [2.45, 2.75) is 29.5 Å². The molecule has 2 saturated heterocycles. The van der Waals surface area contributed by atoms with Crippen LogP contribution in [-0.4, -0.2) is 54.8 Å². The van der Waals surface area contributed by atoms with E-state index in [1.807, 2.05) is 6.92 Å². The molecule has 38 heavy (non-hydrogen) atoms. The Balaban J connectivity index is 1.30. The Labute approximate surface area is 214 Å². The normalized spacial score (nSPS) is 25.4. The van der Waals surface area contributed by atoms with E-state index in [-0.39, 0.29) is 51.6 Å². The Kier molecular flexibility index (Phi) is 4.59. The van der Waals surface area contributed by atoms with Gasteiger partial charge in [-0.25, -0.2) is 21.6 Å². The molecule has 1 saturated carbocycles. The predicted molar refractivity (Wildman–Crippen MR) is 129 cm³/mol. The molecular formula is C27H19F3N2O5S. The van der Waals surface area contributed by atoms with E-state index in [2.05, 4.69) is 4.98 Å². The molecule has 4 aromatic rings. The molecule has 3 unspecified atom stereocenters. The number of sulfone groups is 1. The number of benzene rings is 2. The van der Waals surface area contributed by atoms with Crippen molar-refractivity contribution in [3.8, 4) is 22.5 Å². The number of hydrogen-bond donors (Lipinski definition) is 0. The van der Waals surface area contributed by atoms with Crippen molar-refractivity contribution in [2.75, 3.05) is 12.9 Å². The SMILES string of the molecule is C[C@@H]1C2N(C(=O)c3c(F)ccc(-c4ccnc5cc(-c6ccc(S(C)(=O)=O)c(F)c6)oc45)c3F)C3COC321. The zero-order chi connectivity index (χ0) is 26.7. The minimum Gasteiger partial charge on any atom is -0.454 e. The lowest BCUT2D eigenvalue weighted by atomic mass is 9.91. The van der Waals surface area contributed by atoms with Gasteiger partial charge in [0.05, 0.1) is 18.7 Å². The van der Waals surface area contributed by atoms with Gasteiger partial charge in [-0.1, -0.05) is 6.92 Å². The largest absolute Gasteiger partial charge is 0.454 e. The van der Waals surface area contributed by atoms with Crippen molar-refractivity contribution in [2.24, 2.45) is 5.92 Å². The number of carbonyl (C=O) groups is 1. The zero-order valence-corrected chi connectivity index (χ0v) is 20.9. The number of halogens is 3. The summed E-state index contributed by atoms with van der Waals surface area (Å²) in [4.78, 5) is 18.6. The van der Waals surface area contributed by atoms with Crippen LogP contribution in [0, 0.1) is 23.4 Å². The van der Waals surface area contributed by atoms with Gasteiger partial charge in [-0.3, -0.25) is 9.78 Å². The highest BCUT2D eigenvalue weighted by Crippen LogP contribution is 2.68. The number of rotatable bonds is 4. The van der Waals surface area contributed by atoms with Crippen molar-refractivity contribution < 1.29 is 35.5 Å². The van der Waals surface area contributed by atoms with Gasteiger partial charge in [0.1, 0.15) is 44.8 Å². The van der Waals surface area contributed by atoms with Gasteiger partial charge in [-0.15, -0.1) is 0 Å². The second-order valence-electron chi connectivity index (χ2n) is 10.0. The van der Waals surface area contributed by atoms with Gasteiger partial charge < -0.3 is 14.1 Å². The molecule has 4 heterocycles. The van der Waals surface area contributed by atoms with E-state index < -0.39 is 43.7 Å². The molecule has 11 heteroatoms. The van der Waals surface area contributed by atoms with E-state index in [9.17, 15) is 22.0 Å². The first kappa shape index (κ1) is 23.4. The van der Waals surface area contributed by atoms with E-state index in [0.29, 0.717) is 12.1 Å². The molecule has 0 N–H and O–H groups in total. The van der Waals surface area contributed by atoms with Gasteiger partial charge in [-0.2, -0.15) is 0 Å². The van der Waals surface area contributed by atoms with E-state index in [4.69, 9.17) is 9.15 Å². The van der Waals surface area contributed by atoms with Crippen LogP contribution in [0.5, 0.6) is 0 Å². The van der Waals surface area contributed by atoms with Crippen LogP contribution < -0.4 is 0 Å². The van der Waals surface area contributed by atoms with E-state index in [1.165, 1.54) is 35.4 Å². The molecule has 0 radical (unpaired) electrons. The molecule has 2 aromatic carbocycles. The van der Waals surface area contributed by atoms with Crippen LogP contribution in [0.4, 0.5) is 13.2 Å². The lowest BCUT2D eigenvalue weighted by Gasteiger charge is -2.54. The van der Waals surface area contributed by atoms with Crippen molar-refractivity contribution in [3.63, 3.8) is 0 Å². The smallest absolute Gasteiger partial charge is 0.260 e. The van der Waals surface area contributed by atoms with Crippen LogP contribution in [0.1, 0.15) is 17.3 Å². The van der Waals surface area contributed by atoms with Crippen molar-refractivity contribution in [1.29, 1.82) is 0 Å². The topological polar surface area (TPSA) is 89.7 Å². The summed E-state index contributed by atoms with van der Waals surface area (Å²) < 4.78 is 80.2. The third-order valence-corrected chi connectivity index (χ3v) is 9.17. The first-order valence-electron chi connectivity index (χ1n) is 11.9. The highest BCUT2D eigenvalue weighted by Gasteiger charge is 2.86. The van der Waals surface area contributed by atoms with E-state index in [1.54, 1.807) is 0 Å². The molecule has 7 rings (SSSR count). The van der Waals surface area contributed by atoms with Crippen LogP contribution in [0.15, 0.2) is 58.0 Å². The Bertz CT molecular complexity index is 1810. The molecule has 2 aromatic heterocycles. The van der Waals surface area contributed by atoms with Gasteiger partial charge in [0.15, 0.2) is 15.4 Å². The molecule has 0 bridgehead atoms. The minimum absolute atomic E-state index is 0.0536. The maximum Gasteiger partial charge on any atom is 0.260 e. The summed E-state index contributed by atoms with van der Waals surface area (Å²) in [6.45, 7) is 2.30. The molecule has 7 nitrogen and oxygen atoms in total. The molecule has 1 aliphatic carbocycles. The molecular weight excluding hydrogens is 521 g/mol. The number of pyridine rings is 1. The first-order chi connectivity index (χ1) is 18.0. The van der Waals surface area contributed by atoms with Crippen LogP contribution in [0.2, 0.25) is 0 Å². The van der Waals surface area contributed by atoms with Crippen molar-refractivity contribution in [1.82, 2.24) is 9.88 Å². The first-order valence-corrected chi connectivity index (χ1v) is 13.8. The van der Waals surface area contributed by atoms with Gasteiger partial charge in [-0.05, 0) is 36.4 Å². The average molecular weight is 541 g/mol. The number of hydrogen-bond acceptors (Lipinski definition) is 6. The third-order valence-electron chi connectivity index (χ3n) is 8.04. The maximum absolute atomic E-state index is 15.8. The summed E-state index contributed by atoms with van der Waals surface area (Å²) in [7, 11) is -3.76. The third kappa shape index (κ3) is 2.91. The summed E-state index contributed by atoms with van der Waals surface area (Å²) in [5.41, 5.74) is -0.110.